The van der Waals surface area contributed by atoms with Crippen molar-refractivity contribution >= 4 is 34.7 Å². The van der Waals surface area contributed by atoms with Crippen LogP contribution in [0.25, 0.3) is 0 Å². The summed E-state index contributed by atoms with van der Waals surface area (Å²) in [7, 11) is 0. The number of halogens is 2. The number of nitrogens with two attached hydrogens (primary N) is 1. The molecule has 0 heterocycles. The second-order valence-electron chi connectivity index (χ2n) is 4.42. The molecule has 19 heavy (non-hydrogen) atoms. The van der Waals surface area contributed by atoms with Gasteiger partial charge in [0, 0.05) is 17.7 Å². The summed E-state index contributed by atoms with van der Waals surface area (Å²) in [6.45, 7) is 1.93. The topological polar surface area (TPSA) is 43.1 Å². The Morgan fingerprint density at radius 1 is 1.11 bits per heavy atom. The molecule has 0 aliphatic carbocycles. The van der Waals surface area contributed by atoms with Crippen molar-refractivity contribution in [2.75, 3.05) is 5.73 Å². The van der Waals surface area contributed by atoms with E-state index in [0.717, 1.165) is 11.1 Å². The van der Waals surface area contributed by atoms with E-state index in [4.69, 9.17) is 28.9 Å². The first-order chi connectivity index (χ1) is 8.97. The number of carbonyl (C=O) groups excluding carboxylic acids is 1. The second kappa shape index (κ2) is 5.64. The molecule has 4 heteroatoms. The number of benzene rings is 2. The molecule has 2 aromatic carbocycles. The van der Waals surface area contributed by atoms with Crippen molar-refractivity contribution in [1.82, 2.24) is 0 Å². The van der Waals surface area contributed by atoms with Gasteiger partial charge < -0.3 is 5.73 Å². The van der Waals surface area contributed by atoms with Gasteiger partial charge >= 0.3 is 0 Å². The summed E-state index contributed by atoms with van der Waals surface area (Å²) in [4.78, 5) is 12.1. The summed E-state index contributed by atoms with van der Waals surface area (Å²) in [5.74, 6) is -0.0122. The van der Waals surface area contributed by atoms with E-state index in [9.17, 15) is 4.79 Å². The van der Waals surface area contributed by atoms with Crippen LogP contribution in [0, 0.1) is 6.92 Å². The zero-order valence-corrected chi connectivity index (χ0v) is 11.9. The van der Waals surface area contributed by atoms with Crippen molar-refractivity contribution in [3.63, 3.8) is 0 Å². The molecule has 0 aliphatic heterocycles. The molecule has 2 aromatic rings. The van der Waals surface area contributed by atoms with Crippen LogP contribution in [0.15, 0.2) is 36.4 Å². The number of rotatable bonds is 3. The lowest BCUT2D eigenvalue weighted by molar-refractivity contribution is 0.0993. The normalized spacial score (nSPS) is 10.5. The van der Waals surface area contributed by atoms with E-state index in [1.54, 1.807) is 18.2 Å². The van der Waals surface area contributed by atoms with Crippen molar-refractivity contribution < 1.29 is 4.79 Å². The van der Waals surface area contributed by atoms with Gasteiger partial charge in [0.25, 0.3) is 0 Å². The van der Waals surface area contributed by atoms with E-state index >= 15 is 0 Å². The maximum absolute atomic E-state index is 12.1. The van der Waals surface area contributed by atoms with Crippen LogP contribution in [0.3, 0.4) is 0 Å². The highest BCUT2D eigenvalue weighted by atomic mass is 35.5. The van der Waals surface area contributed by atoms with E-state index < -0.39 is 0 Å². The second-order valence-corrected chi connectivity index (χ2v) is 5.23. The Balaban J connectivity index is 2.20. The van der Waals surface area contributed by atoms with Gasteiger partial charge in [-0.05, 0) is 42.3 Å². The molecule has 2 rings (SSSR count). The summed E-state index contributed by atoms with van der Waals surface area (Å²) in [5.41, 5.74) is 8.97. The quantitative estimate of drug-likeness (QED) is 0.677. The lowest BCUT2D eigenvalue weighted by atomic mass is 10.0. The first-order valence-electron chi connectivity index (χ1n) is 5.80. The lowest BCUT2D eigenvalue weighted by Crippen LogP contribution is -2.04. The van der Waals surface area contributed by atoms with E-state index in [-0.39, 0.29) is 5.78 Å². The van der Waals surface area contributed by atoms with E-state index in [0.29, 0.717) is 27.7 Å². The molecular weight excluding hydrogens is 281 g/mol. The van der Waals surface area contributed by atoms with E-state index in [2.05, 4.69) is 0 Å². The number of hydrogen-bond acceptors (Lipinski definition) is 2. The molecule has 2 N–H and O–H groups in total. The molecule has 0 saturated carbocycles. The molecule has 0 saturated heterocycles. The van der Waals surface area contributed by atoms with Crippen LogP contribution in [0.2, 0.25) is 10.0 Å². The minimum absolute atomic E-state index is 0.0122. The SMILES string of the molecule is Cc1ccc(CC(=O)c2ccc(Cl)c(Cl)c2)cc1N. The molecule has 0 aliphatic rings. The van der Waals surface area contributed by atoms with Crippen LogP contribution in [0.4, 0.5) is 5.69 Å². The van der Waals surface area contributed by atoms with Gasteiger partial charge in [0.15, 0.2) is 5.78 Å². The van der Waals surface area contributed by atoms with Crippen molar-refractivity contribution in [1.29, 1.82) is 0 Å². The Hall–Kier alpha value is -1.51. The van der Waals surface area contributed by atoms with Gasteiger partial charge in [-0.25, -0.2) is 0 Å². The molecule has 0 unspecified atom stereocenters. The molecule has 0 bridgehead atoms. The van der Waals surface area contributed by atoms with Crippen LogP contribution in [-0.4, -0.2) is 5.78 Å². The fourth-order valence-electron chi connectivity index (χ4n) is 1.76. The molecule has 0 spiro atoms. The monoisotopic (exact) mass is 293 g/mol. The Labute approximate surface area is 122 Å². The zero-order chi connectivity index (χ0) is 14.0. The number of aryl methyl sites for hydroxylation is 1. The van der Waals surface area contributed by atoms with Gasteiger partial charge in [0.2, 0.25) is 0 Å². The highest BCUT2D eigenvalue weighted by Gasteiger charge is 2.09. The van der Waals surface area contributed by atoms with Gasteiger partial charge in [0.1, 0.15) is 0 Å². The Morgan fingerprint density at radius 2 is 1.84 bits per heavy atom. The number of ketones is 1. The summed E-state index contributed by atoms with van der Waals surface area (Å²) in [6, 6.07) is 10.5. The average Bonchev–Trinajstić information content (AvgIpc) is 2.37. The van der Waals surface area contributed by atoms with Crippen LogP contribution < -0.4 is 5.73 Å². The lowest BCUT2D eigenvalue weighted by Gasteiger charge is -2.06. The number of nitrogen functional groups attached to an aromatic ring is 1. The molecule has 0 fully saturated rings. The van der Waals surface area contributed by atoms with Gasteiger partial charge in [-0.15, -0.1) is 0 Å². The largest absolute Gasteiger partial charge is 0.399 e. The summed E-state index contributed by atoms with van der Waals surface area (Å²) in [5, 5.41) is 0.828. The molecule has 0 atom stereocenters. The fourth-order valence-corrected chi connectivity index (χ4v) is 2.06. The molecule has 2 nitrogen and oxygen atoms in total. The molecular formula is C15H13Cl2NO. The molecule has 0 aromatic heterocycles. The zero-order valence-electron chi connectivity index (χ0n) is 10.4. The van der Waals surface area contributed by atoms with Crippen LogP contribution in [0.1, 0.15) is 21.5 Å². The number of anilines is 1. The predicted molar refractivity (Wildman–Crippen MR) is 80.1 cm³/mol. The van der Waals surface area contributed by atoms with Gasteiger partial charge in [-0.2, -0.15) is 0 Å². The number of carbonyl (C=O) groups is 1. The highest BCUT2D eigenvalue weighted by Crippen LogP contribution is 2.23. The van der Waals surface area contributed by atoms with Gasteiger partial charge in [0.05, 0.1) is 10.0 Å². The van der Waals surface area contributed by atoms with E-state index in [1.165, 1.54) is 0 Å². The predicted octanol–water partition coefficient (Wildman–Crippen LogP) is 4.31. The van der Waals surface area contributed by atoms with Crippen molar-refractivity contribution in [2.45, 2.75) is 13.3 Å². The maximum atomic E-state index is 12.1. The van der Waals surface area contributed by atoms with Crippen molar-refractivity contribution in [3.05, 3.63) is 63.1 Å². The third-order valence-corrected chi connectivity index (χ3v) is 3.69. The molecule has 98 valence electrons. The van der Waals surface area contributed by atoms with Gasteiger partial charge in [-0.1, -0.05) is 35.3 Å². The fraction of sp³-hybridized carbons (Fsp3) is 0.133. The van der Waals surface area contributed by atoms with Crippen LogP contribution >= 0.6 is 23.2 Å². The van der Waals surface area contributed by atoms with Crippen molar-refractivity contribution in [3.8, 4) is 0 Å². The minimum Gasteiger partial charge on any atom is -0.399 e. The van der Waals surface area contributed by atoms with E-state index in [1.807, 2.05) is 25.1 Å². The Bertz CT molecular complexity index is 638. The summed E-state index contributed by atoms with van der Waals surface area (Å²) < 4.78 is 0. The smallest absolute Gasteiger partial charge is 0.167 e. The highest BCUT2D eigenvalue weighted by molar-refractivity contribution is 6.42. The van der Waals surface area contributed by atoms with Gasteiger partial charge in [-0.3, -0.25) is 4.79 Å². The summed E-state index contributed by atoms with van der Waals surface area (Å²) in [6.07, 6.45) is 0.294. The number of Topliss-reactive ketones (excluding diaryl/α,β-unsaturated/α-hetero) is 1. The van der Waals surface area contributed by atoms with Crippen molar-refractivity contribution in [2.24, 2.45) is 0 Å². The standard InChI is InChI=1S/C15H13Cl2NO/c1-9-2-3-10(6-14(9)18)7-15(19)11-4-5-12(16)13(17)8-11/h2-6,8H,7,18H2,1H3. The third kappa shape index (κ3) is 3.28. The first-order valence-corrected chi connectivity index (χ1v) is 6.56. The summed E-state index contributed by atoms with van der Waals surface area (Å²) >= 11 is 11.7. The minimum atomic E-state index is -0.0122. The Kier molecular flexibility index (Phi) is 4.13. The molecule has 0 amide bonds. The number of hydrogen-bond donors (Lipinski definition) is 1. The maximum Gasteiger partial charge on any atom is 0.167 e. The Morgan fingerprint density at radius 3 is 2.47 bits per heavy atom. The van der Waals surface area contributed by atoms with Crippen LogP contribution in [0.5, 0.6) is 0 Å². The first kappa shape index (κ1) is 13.9. The van der Waals surface area contributed by atoms with Crippen LogP contribution in [-0.2, 0) is 6.42 Å². The molecule has 0 radical (unpaired) electrons. The third-order valence-electron chi connectivity index (χ3n) is 2.95. The average molecular weight is 294 g/mol.